The molecule has 0 unspecified atom stereocenters. The third-order valence-corrected chi connectivity index (χ3v) is 2.88. The molecule has 0 aliphatic heterocycles. The molecule has 0 atom stereocenters. The van der Waals surface area contributed by atoms with Crippen LogP contribution in [-0.4, -0.2) is 26.0 Å². The summed E-state index contributed by atoms with van der Waals surface area (Å²) in [6.45, 7) is 0. The van der Waals surface area contributed by atoms with E-state index in [1.807, 2.05) is 0 Å². The second-order valence-corrected chi connectivity index (χ2v) is 4.18. The van der Waals surface area contributed by atoms with E-state index < -0.39 is 11.8 Å². The minimum atomic E-state index is -0.585. The van der Waals surface area contributed by atoms with Crippen molar-refractivity contribution in [2.75, 3.05) is 14.2 Å². The van der Waals surface area contributed by atoms with Crippen molar-refractivity contribution in [2.24, 2.45) is 0 Å². The molecule has 2 aromatic rings. The summed E-state index contributed by atoms with van der Waals surface area (Å²) < 4.78 is 10.0. The summed E-state index contributed by atoms with van der Waals surface area (Å²) >= 11 is 0. The van der Waals surface area contributed by atoms with Crippen LogP contribution in [0.2, 0.25) is 0 Å². The van der Waals surface area contributed by atoms with Gasteiger partial charge in [0.1, 0.15) is 11.5 Å². The predicted octanol–water partition coefficient (Wildman–Crippen LogP) is 2.29. The number of nitrogens with zero attached hydrogens (tertiary/aromatic N) is 1. The smallest absolute Gasteiger partial charge is 0.280 e. The summed E-state index contributed by atoms with van der Waals surface area (Å²) in [4.78, 5) is 23.8. The molecule has 0 N–H and O–H groups in total. The molecule has 0 aliphatic carbocycles. The van der Waals surface area contributed by atoms with Crippen LogP contribution in [0.5, 0.6) is 11.5 Å². The van der Waals surface area contributed by atoms with Gasteiger partial charge in [-0.3, -0.25) is 9.59 Å². The first-order valence-electron chi connectivity index (χ1n) is 6.22. The standard InChI is InChI=1S/C16H14NO4/c1-20-13-7-3-11(4-8-13)15(18)17-16(19)12-5-9-14(21-2)10-6-12/h3-10H,1-2H3. The number of ether oxygens (including phenoxy) is 2. The van der Waals surface area contributed by atoms with Crippen LogP contribution in [0.3, 0.4) is 0 Å². The van der Waals surface area contributed by atoms with Crippen molar-refractivity contribution in [2.45, 2.75) is 0 Å². The van der Waals surface area contributed by atoms with Gasteiger partial charge < -0.3 is 9.47 Å². The first-order chi connectivity index (χ1) is 10.1. The lowest BCUT2D eigenvalue weighted by molar-refractivity contribution is 0.0843. The van der Waals surface area contributed by atoms with E-state index in [2.05, 4.69) is 5.32 Å². The zero-order chi connectivity index (χ0) is 15.2. The summed E-state index contributed by atoms with van der Waals surface area (Å²) in [7, 11) is 3.07. The van der Waals surface area contributed by atoms with E-state index in [-0.39, 0.29) is 0 Å². The van der Waals surface area contributed by atoms with Crippen molar-refractivity contribution >= 4 is 11.8 Å². The topological polar surface area (TPSA) is 66.7 Å². The van der Waals surface area contributed by atoms with Crippen LogP contribution in [0.25, 0.3) is 0 Å². The van der Waals surface area contributed by atoms with Gasteiger partial charge in [0.15, 0.2) is 0 Å². The number of hydrogen-bond acceptors (Lipinski definition) is 4. The molecule has 5 nitrogen and oxygen atoms in total. The average molecular weight is 284 g/mol. The number of methoxy groups -OCH3 is 2. The van der Waals surface area contributed by atoms with E-state index in [0.29, 0.717) is 22.6 Å². The second kappa shape index (κ2) is 6.56. The first kappa shape index (κ1) is 14.6. The monoisotopic (exact) mass is 284 g/mol. The maximum absolute atomic E-state index is 11.9. The number of benzene rings is 2. The van der Waals surface area contributed by atoms with Gasteiger partial charge >= 0.3 is 0 Å². The van der Waals surface area contributed by atoms with Gasteiger partial charge in [-0.1, -0.05) is 0 Å². The summed E-state index contributed by atoms with van der Waals surface area (Å²) in [6.07, 6.45) is 0. The predicted molar refractivity (Wildman–Crippen MR) is 76.8 cm³/mol. The molecule has 2 rings (SSSR count). The number of rotatable bonds is 4. The van der Waals surface area contributed by atoms with Crippen molar-refractivity contribution in [1.82, 2.24) is 5.32 Å². The maximum Gasteiger partial charge on any atom is 0.280 e. The molecule has 0 saturated heterocycles. The van der Waals surface area contributed by atoms with Gasteiger partial charge in [0.2, 0.25) is 0 Å². The van der Waals surface area contributed by atoms with E-state index in [0.717, 1.165) is 0 Å². The quantitative estimate of drug-likeness (QED) is 0.808. The lowest BCUT2D eigenvalue weighted by Crippen LogP contribution is -2.23. The minimum absolute atomic E-state index is 0.331. The van der Waals surface area contributed by atoms with Crippen LogP contribution in [-0.2, 0) is 0 Å². The Morgan fingerprint density at radius 3 is 1.33 bits per heavy atom. The number of carbonyl (C=O) groups excluding carboxylic acids is 2. The molecule has 0 heterocycles. The Hall–Kier alpha value is -2.82. The van der Waals surface area contributed by atoms with Crippen LogP contribution >= 0.6 is 0 Å². The van der Waals surface area contributed by atoms with E-state index in [1.54, 1.807) is 48.5 Å². The zero-order valence-corrected chi connectivity index (χ0v) is 11.7. The maximum atomic E-state index is 11.9. The Morgan fingerprint density at radius 2 is 1.05 bits per heavy atom. The Morgan fingerprint density at radius 1 is 0.714 bits per heavy atom. The molecule has 0 fully saturated rings. The number of imide groups is 1. The summed E-state index contributed by atoms with van der Waals surface area (Å²) in [5.74, 6) is 0.0954. The fourth-order valence-corrected chi connectivity index (χ4v) is 1.69. The molecule has 21 heavy (non-hydrogen) atoms. The highest BCUT2D eigenvalue weighted by molar-refractivity contribution is 6.10. The van der Waals surface area contributed by atoms with Crippen LogP contribution in [0, 0.1) is 0 Å². The van der Waals surface area contributed by atoms with Gasteiger partial charge in [-0.15, -0.1) is 0 Å². The van der Waals surface area contributed by atoms with Gasteiger partial charge in [0.25, 0.3) is 11.8 Å². The highest BCUT2D eigenvalue weighted by Crippen LogP contribution is 2.13. The van der Waals surface area contributed by atoms with Gasteiger partial charge in [-0.05, 0) is 48.5 Å². The molecule has 107 valence electrons. The molecular formula is C16H14NO4. The van der Waals surface area contributed by atoms with Crippen molar-refractivity contribution in [1.29, 1.82) is 0 Å². The molecule has 0 spiro atoms. The minimum Gasteiger partial charge on any atom is -0.497 e. The van der Waals surface area contributed by atoms with Crippen molar-refractivity contribution in [3.63, 3.8) is 0 Å². The Labute approximate surface area is 122 Å². The number of carbonyl (C=O) groups is 2. The van der Waals surface area contributed by atoms with E-state index in [1.165, 1.54) is 14.2 Å². The normalized spacial score (nSPS) is 9.81. The zero-order valence-electron chi connectivity index (χ0n) is 11.7. The summed E-state index contributed by atoms with van der Waals surface area (Å²) in [5.41, 5.74) is 0.662. The first-order valence-corrected chi connectivity index (χ1v) is 6.22. The highest BCUT2D eigenvalue weighted by atomic mass is 16.5. The van der Waals surface area contributed by atoms with Crippen LogP contribution < -0.4 is 14.8 Å². The van der Waals surface area contributed by atoms with Gasteiger partial charge in [0.05, 0.1) is 14.2 Å². The SMILES string of the molecule is COc1ccc(C(=O)[N]C(=O)c2ccc(OC)cc2)cc1. The largest absolute Gasteiger partial charge is 0.497 e. The average Bonchev–Trinajstić information content (AvgIpc) is 2.55. The molecule has 0 aliphatic rings. The fourth-order valence-electron chi connectivity index (χ4n) is 1.69. The van der Waals surface area contributed by atoms with Crippen molar-refractivity contribution < 1.29 is 19.1 Å². The van der Waals surface area contributed by atoms with Gasteiger partial charge in [0, 0.05) is 11.1 Å². The van der Waals surface area contributed by atoms with E-state index >= 15 is 0 Å². The fraction of sp³-hybridized carbons (Fsp3) is 0.125. The summed E-state index contributed by atoms with van der Waals surface area (Å²) in [5, 5.41) is 3.57. The molecule has 2 aromatic carbocycles. The van der Waals surface area contributed by atoms with E-state index in [9.17, 15) is 9.59 Å². The highest BCUT2D eigenvalue weighted by Gasteiger charge is 2.14. The Kier molecular flexibility index (Phi) is 4.56. The number of hydrogen-bond donors (Lipinski definition) is 0. The van der Waals surface area contributed by atoms with Gasteiger partial charge in [-0.25, -0.2) is 0 Å². The lowest BCUT2D eigenvalue weighted by atomic mass is 10.1. The summed E-state index contributed by atoms with van der Waals surface area (Å²) in [6, 6.07) is 12.8. The Balaban J connectivity index is 2.05. The molecular weight excluding hydrogens is 270 g/mol. The second-order valence-electron chi connectivity index (χ2n) is 4.18. The lowest BCUT2D eigenvalue weighted by Gasteiger charge is -2.04. The van der Waals surface area contributed by atoms with E-state index in [4.69, 9.17) is 9.47 Å². The third kappa shape index (κ3) is 3.60. The van der Waals surface area contributed by atoms with Crippen molar-refractivity contribution in [3.05, 3.63) is 59.7 Å². The van der Waals surface area contributed by atoms with Gasteiger partial charge in [-0.2, -0.15) is 5.32 Å². The molecule has 0 bridgehead atoms. The van der Waals surface area contributed by atoms with Crippen LogP contribution in [0.15, 0.2) is 48.5 Å². The molecule has 1 radical (unpaired) electrons. The Bertz CT molecular complexity index is 575. The molecule has 0 aromatic heterocycles. The molecule has 5 heteroatoms. The number of amides is 2. The van der Waals surface area contributed by atoms with Crippen LogP contribution in [0.4, 0.5) is 0 Å². The van der Waals surface area contributed by atoms with Crippen LogP contribution in [0.1, 0.15) is 20.7 Å². The molecule has 2 amide bonds. The molecule has 0 saturated carbocycles. The van der Waals surface area contributed by atoms with Crippen molar-refractivity contribution in [3.8, 4) is 11.5 Å². The third-order valence-electron chi connectivity index (χ3n) is 2.88.